The molecule has 4 N–H and O–H groups in total. The second-order valence-corrected chi connectivity index (χ2v) is 7.59. The molecule has 25 heavy (non-hydrogen) atoms. The minimum atomic E-state index is -1.01. The summed E-state index contributed by atoms with van der Waals surface area (Å²) in [6.45, 7) is 2.60. The molecule has 0 aliphatic carbocycles. The predicted molar refractivity (Wildman–Crippen MR) is 101 cm³/mol. The van der Waals surface area contributed by atoms with Crippen molar-refractivity contribution in [3.05, 3.63) is 30.3 Å². The first-order valence-corrected chi connectivity index (χ1v) is 9.81. The predicted octanol–water partition coefficient (Wildman–Crippen LogP) is -0.0911. The Kier molecular flexibility index (Phi) is 7.87. The fraction of sp³-hybridized carbons (Fsp3) is 0.529. The average Bonchev–Trinajstić information content (AvgIpc) is 2.62. The summed E-state index contributed by atoms with van der Waals surface area (Å²) in [6.07, 6.45) is 1.87. The molecule has 1 heterocycles. The fourth-order valence-corrected chi connectivity index (χ4v) is 3.78. The number of hydrogen-bond donors (Lipinski definition) is 3. The van der Waals surface area contributed by atoms with Crippen LogP contribution in [-0.2, 0) is 15.6 Å². The molecule has 7 nitrogen and oxygen atoms in total. The van der Waals surface area contributed by atoms with E-state index in [0.29, 0.717) is 24.9 Å². The van der Waals surface area contributed by atoms with Crippen molar-refractivity contribution in [2.75, 3.05) is 39.0 Å². The molecular weight excluding hydrogens is 338 g/mol. The van der Waals surface area contributed by atoms with Crippen LogP contribution in [0.1, 0.15) is 12.8 Å². The van der Waals surface area contributed by atoms with Crippen LogP contribution in [0.2, 0.25) is 0 Å². The molecule has 1 aliphatic heterocycles. The summed E-state index contributed by atoms with van der Waals surface area (Å²) in [5, 5.41) is 6.61. The van der Waals surface area contributed by atoms with Crippen LogP contribution in [0.3, 0.4) is 0 Å². The lowest BCUT2D eigenvalue weighted by atomic mass is 10.1. The first-order chi connectivity index (χ1) is 12.1. The molecule has 1 saturated heterocycles. The number of nitrogens with one attached hydrogen (secondary N) is 2. The third-order valence-corrected chi connectivity index (χ3v) is 5.49. The van der Waals surface area contributed by atoms with E-state index in [1.807, 2.05) is 30.3 Å². The number of carbonyl (C=O) groups is 1. The topological polar surface area (TPSA) is 99.8 Å². The highest BCUT2D eigenvalue weighted by atomic mass is 32.2. The van der Waals surface area contributed by atoms with Gasteiger partial charge >= 0.3 is 0 Å². The van der Waals surface area contributed by atoms with Crippen molar-refractivity contribution in [3.8, 4) is 0 Å². The van der Waals surface area contributed by atoms with Crippen LogP contribution in [0.5, 0.6) is 0 Å². The van der Waals surface area contributed by atoms with Crippen molar-refractivity contribution in [2.45, 2.75) is 23.8 Å². The van der Waals surface area contributed by atoms with E-state index in [1.54, 1.807) is 7.05 Å². The average molecular weight is 366 g/mol. The van der Waals surface area contributed by atoms with Crippen LogP contribution < -0.4 is 16.4 Å². The summed E-state index contributed by atoms with van der Waals surface area (Å²) >= 11 is 0. The summed E-state index contributed by atoms with van der Waals surface area (Å²) in [6, 6.07) is 9.78. The summed E-state index contributed by atoms with van der Waals surface area (Å²) < 4.78 is 12.2. The molecule has 138 valence electrons. The molecule has 2 rings (SSSR count). The summed E-state index contributed by atoms with van der Waals surface area (Å²) in [5.41, 5.74) is 5.23. The maximum atomic E-state index is 12.2. The van der Waals surface area contributed by atoms with Crippen LogP contribution in [0.15, 0.2) is 40.2 Å². The number of aliphatic imine (C=N–C) groups is 1. The number of amides is 1. The quantitative estimate of drug-likeness (QED) is 0.463. The van der Waals surface area contributed by atoms with Gasteiger partial charge in [0.2, 0.25) is 5.91 Å². The summed E-state index contributed by atoms with van der Waals surface area (Å²) in [4.78, 5) is 18.1. The number of nitrogens with two attached hydrogens (primary N) is 1. The van der Waals surface area contributed by atoms with E-state index in [0.717, 1.165) is 36.8 Å². The van der Waals surface area contributed by atoms with Crippen LogP contribution in [0, 0.1) is 0 Å². The number of primary amides is 1. The lowest BCUT2D eigenvalue weighted by Gasteiger charge is -2.32. The Morgan fingerprint density at radius 2 is 2.00 bits per heavy atom. The summed E-state index contributed by atoms with van der Waals surface area (Å²) in [7, 11) is 0.713. The second kappa shape index (κ2) is 10.1. The Morgan fingerprint density at radius 3 is 2.60 bits per heavy atom. The zero-order valence-electron chi connectivity index (χ0n) is 14.6. The minimum Gasteiger partial charge on any atom is -0.369 e. The number of rotatable bonds is 7. The number of guanidine groups is 1. The van der Waals surface area contributed by atoms with Gasteiger partial charge in [-0.05, 0) is 25.0 Å². The third kappa shape index (κ3) is 6.83. The van der Waals surface area contributed by atoms with Gasteiger partial charge in [0.1, 0.15) is 0 Å². The summed E-state index contributed by atoms with van der Waals surface area (Å²) in [5.74, 6) is 0.968. The number of hydrogen-bond acceptors (Lipinski definition) is 4. The van der Waals surface area contributed by atoms with Crippen molar-refractivity contribution in [3.63, 3.8) is 0 Å². The maximum absolute atomic E-state index is 12.2. The molecule has 1 aromatic rings. The van der Waals surface area contributed by atoms with E-state index in [-0.39, 0.29) is 5.91 Å². The molecule has 0 aromatic heterocycles. The Hall–Kier alpha value is -1.93. The lowest BCUT2D eigenvalue weighted by molar-refractivity contribution is -0.119. The third-order valence-electron chi connectivity index (χ3n) is 4.12. The van der Waals surface area contributed by atoms with Gasteiger partial charge in [-0.25, -0.2) is 0 Å². The number of nitrogens with zero attached hydrogens (tertiary/aromatic N) is 2. The van der Waals surface area contributed by atoms with E-state index >= 15 is 0 Å². The Labute approximate surface area is 151 Å². The Bertz CT molecular complexity index is 600. The largest absolute Gasteiger partial charge is 0.369 e. The highest BCUT2D eigenvalue weighted by Crippen LogP contribution is 2.09. The molecule has 1 unspecified atom stereocenters. The molecule has 1 amide bonds. The van der Waals surface area contributed by atoms with Crippen LogP contribution >= 0.6 is 0 Å². The molecule has 0 bridgehead atoms. The van der Waals surface area contributed by atoms with Crippen molar-refractivity contribution in [2.24, 2.45) is 10.7 Å². The van der Waals surface area contributed by atoms with Gasteiger partial charge in [-0.1, -0.05) is 18.2 Å². The zero-order valence-corrected chi connectivity index (χ0v) is 15.4. The van der Waals surface area contributed by atoms with E-state index in [1.165, 1.54) is 0 Å². The highest BCUT2D eigenvalue weighted by molar-refractivity contribution is 7.85. The van der Waals surface area contributed by atoms with Crippen molar-refractivity contribution >= 4 is 22.7 Å². The van der Waals surface area contributed by atoms with Crippen molar-refractivity contribution in [1.29, 1.82) is 0 Å². The van der Waals surface area contributed by atoms with Gasteiger partial charge in [0.25, 0.3) is 0 Å². The molecule has 0 saturated carbocycles. The Morgan fingerprint density at radius 1 is 1.32 bits per heavy atom. The first kappa shape index (κ1) is 19.4. The fourth-order valence-electron chi connectivity index (χ4n) is 2.80. The standard InChI is InChI=1S/C17H27N5O2S/c1-19-17(20-9-12-25(24)15-5-3-2-4-6-15)21-14-7-10-22(11-8-14)13-16(18)23/h2-6,14H,7-13H2,1H3,(H2,18,23)(H2,19,20,21). The van der Waals surface area contributed by atoms with E-state index in [2.05, 4.69) is 20.5 Å². The molecule has 1 aromatic carbocycles. The highest BCUT2D eigenvalue weighted by Gasteiger charge is 2.20. The van der Waals surface area contributed by atoms with Gasteiger partial charge in [0.15, 0.2) is 5.96 Å². The van der Waals surface area contributed by atoms with Gasteiger partial charge in [-0.3, -0.25) is 18.9 Å². The molecule has 0 radical (unpaired) electrons. The van der Waals surface area contributed by atoms with Gasteiger partial charge in [-0.15, -0.1) is 0 Å². The normalized spacial score (nSPS) is 17.9. The maximum Gasteiger partial charge on any atom is 0.231 e. The number of carbonyl (C=O) groups excluding carboxylic acids is 1. The number of piperidine rings is 1. The van der Waals surface area contributed by atoms with E-state index in [4.69, 9.17) is 5.73 Å². The molecule has 8 heteroatoms. The van der Waals surface area contributed by atoms with Crippen LogP contribution in [-0.4, -0.2) is 66.0 Å². The van der Waals surface area contributed by atoms with Crippen LogP contribution in [0.4, 0.5) is 0 Å². The second-order valence-electron chi connectivity index (χ2n) is 6.02. The monoisotopic (exact) mass is 365 g/mol. The zero-order chi connectivity index (χ0) is 18.1. The number of likely N-dealkylation sites (tertiary alicyclic amines) is 1. The molecule has 0 spiro atoms. The van der Waals surface area contributed by atoms with Gasteiger partial charge in [0.05, 0.1) is 17.3 Å². The van der Waals surface area contributed by atoms with Gasteiger partial charge < -0.3 is 16.4 Å². The molecular formula is C17H27N5O2S. The smallest absolute Gasteiger partial charge is 0.231 e. The SMILES string of the molecule is CN=C(NCCS(=O)c1ccccc1)NC1CCN(CC(N)=O)CC1. The molecule has 1 aliphatic rings. The first-order valence-electron chi connectivity index (χ1n) is 8.49. The minimum absolute atomic E-state index is 0.282. The van der Waals surface area contributed by atoms with Gasteiger partial charge in [0, 0.05) is 43.4 Å². The molecule has 1 fully saturated rings. The molecule has 1 atom stereocenters. The van der Waals surface area contributed by atoms with Crippen molar-refractivity contribution < 1.29 is 9.00 Å². The van der Waals surface area contributed by atoms with Crippen LogP contribution in [0.25, 0.3) is 0 Å². The lowest BCUT2D eigenvalue weighted by Crippen LogP contribution is -2.50. The Balaban J connectivity index is 1.69. The van der Waals surface area contributed by atoms with Crippen molar-refractivity contribution in [1.82, 2.24) is 15.5 Å². The van der Waals surface area contributed by atoms with E-state index < -0.39 is 10.8 Å². The number of benzene rings is 1. The van der Waals surface area contributed by atoms with E-state index in [9.17, 15) is 9.00 Å². The van der Waals surface area contributed by atoms with Gasteiger partial charge in [-0.2, -0.15) is 0 Å².